The lowest BCUT2D eigenvalue weighted by Gasteiger charge is -2.06. The summed E-state index contributed by atoms with van der Waals surface area (Å²) in [7, 11) is 0. The smallest absolute Gasteiger partial charge is 0.345 e. The summed E-state index contributed by atoms with van der Waals surface area (Å²) < 4.78 is 0. The Morgan fingerprint density at radius 3 is 2.16 bits per heavy atom. The molecule has 1 aromatic rings. The fourth-order valence-corrected chi connectivity index (χ4v) is 1.43. The maximum Gasteiger partial charge on any atom is 0.345 e. The first-order valence-electron chi connectivity index (χ1n) is 5.49. The van der Waals surface area contributed by atoms with E-state index in [0.717, 1.165) is 0 Å². The molecule has 1 heterocycles. The van der Waals surface area contributed by atoms with Crippen molar-refractivity contribution >= 4 is 23.3 Å². The number of carboxylic acid groups (broad SMARTS) is 2. The van der Waals surface area contributed by atoms with Crippen LogP contribution in [0.4, 0.5) is 0 Å². The highest BCUT2D eigenvalue weighted by Gasteiger charge is 2.24. The monoisotopic (exact) mass is 262 g/mol. The van der Waals surface area contributed by atoms with Gasteiger partial charge in [0.15, 0.2) is 5.57 Å². The number of hydrogen-bond donors (Lipinski definition) is 2. The molecule has 1 rings (SSSR count). The van der Waals surface area contributed by atoms with Crippen LogP contribution in [0.1, 0.15) is 25.2 Å². The molecule has 6 nitrogen and oxygen atoms in total. The third-order valence-electron chi connectivity index (χ3n) is 2.13. The number of carboxylic acids is 2. The lowest BCUT2D eigenvalue weighted by molar-refractivity contribution is -0.140. The summed E-state index contributed by atoms with van der Waals surface area (Å²) in [6, 6.07) is 4.92. The predicted molar refractivity (Wildman–Crippen MR) is 69.9 cm³/mol. The number of hydrogen-bond acceptors (Lipinski definition) is 4. The molecule has 19 heavy (non-hydrogen) atoms. The minimum atomic E-state index is -1.55. The van der Waals surface area contributed by atoms with Gasteiger partial charge in [-0.15, -0.1) is 0 Å². The number of aliphatic carboxylic acids is 2. The Bertz CT molecular complexity index is 568. The van der Waals surface area contributed by atoms with E-state index in [9.17, 15) is 9.59 Å². The van der Waals surface area contributed by atoms with Crippen LogP contribution in [0.3, 0.4) is 0 Å². The summed E-state index contributed by atoms with van der Waals surface area (Å²) in [6.07, 6.45) is 0. The van der Waals surface area contributed by atoms with Gasteiger partial charge in [-0.05, 0) is 32.9 Å². The number of aryl methyl sites for hydroxylation is 1. The standard InChI is InChI=1S/C13H14N2O4/c1-7(2)14-11(10(12(16)17)13(18)19)9-6-4-5-8(3)15-9/h4-6H,1-3H3,(H,16,17)(H,18,19). The zero-order valence-corrected chi connectivity index (χ0v) is 10.8. The van der Waals surface area contributed by atoms with Crippen LogP contribution in [-0.2, 0) is 9.59 Å². The zero-order chi connectivity index (χ0) is 14.6. The van der Waals surface area contributed by atoms with Crippen molar-refractivity contribution in [3.8, 4) is 0 Å². The van der Waals surface area contributed by atoms with Gasteiger partial charge in [0.2, 0.25) is 0 Å². The quantitative estimate of drug-likeness (QED) is 0.372. The topological polar surface area (TPSA) is 99.8 Å². The number of aliphatic imine (C=N–C) groups is 1. The van der Waals surface area contributed by atoms with E-state index in [4.69, 9.17) is 10.2 Å². The van der Waals surface area contributed by atoms with Gasteiger partial charge in [0.25, 0.3) is 0 Å². The van der Waals surface area contributed by atoms with E-state index in [1.165, 1.54) is 6.07 Å². The average Bonchev–Trinajstić information content (AvgIpc) is 2.26. The number of nitrogens with zero attached hydrogens (tertiary/aromatic N) is 2. The van der Waals surface area contributed by atoms with Crippen LogP contribution in [0, 0.1) is 6.92 Å². The summed E-state index contributed by atoms with van der Waals surface area (Å²) in [5, 5.41) is 18.0. The van der Waals surface area contributed by atoms with E-state index in [0.29, 0.717) is 11.4 Å². The molecular weight excluding hydrogens is 248 g/mol. The maximum atomic E-state index is 11.1. The summed E-state index contributed by atoms with van der Waals surface area (Å²) >= 11 is 0. The summed E-state index contributed by atoms with van der Waals surface area (Å²) in [5.74, 6) is -3.09. The van der Waals surface area contributed by atoms with Crippen LogP contribution >= 0.6 is 0 Å². The second kappa shape index (κ2) is 5.90. The minimum absolute atomic E-state index is 0.149. The summed E-state index contributed by atoms with van der Waals surface area (Å²) in [4.78, 5) is 30.3. The highest BCUT2D eigenvalue weighted by atomic mass is 16.4. The average molecular weight is 262 g/mol. The lowest BCUT2D eigenvalue weighted by atomic mass is 10.1. The molecule has 0 aliphatic heterocycles. The highest BCUT2D eigenvalue weighted by Crippen LogP contribution is 2.20. The third-order valence-corrected chi connectivity index (χ3v) is 2.13. The number of pyridine rings is 1. The van der Waals surface area contributed by atoms with Gasteiger partial charge in [0.05, 0.1) is 5.69 Å². The first-order chi connectivity index (χ1) is 8.82. The molecule has 0 saturated carbocycles. The van der Waals surface area contributed by atoms with E-state index in [-0.39, 0.29) is 11.4 Å². The number of aromatic nitrogens is 1. The predicted octanol–water partition coefficient (Wildman–Crippen LogP) is 1.75. The molecule has 6 heteroatoms. The molecule has 0 aliphatic carbocycles. The molecule has 2 N–H and O–H groups in total. The second-order valence-corrected chi connectivity index (χ2v) is 4.06. The fraction of sp³-hybridized carbons (Fsp3) is 0.231. The van der Waals surface area contributed by atoms with Crippen molar-refractivity contribution in [1.29, 1.82) is 0 Å². The van der Waals surface area contributed by atoms with E-state index >= 15 is 0 Å². The van der Waals surface area contributed by atoms with Crippen LogP contribution in [0.15, 0.2) is 28.8 Å². The SMILES string of the molecule is CC(C)=NC(=C(C(=O)O)C(=O)O)c1cccc(C)n1. The molecule has 0 radical (unpaired) electrons. The van der Waals surface area contributed by atoms with Gasteiger partial charge in [0.1, 0.15) is 5.70 Å². The Kier molecular flexibility index (Phi) is 4.52. The van der Waals surface area contributed by atoms with Crippen molar-refractivity contribution < 1.29 is 19.8 Å². The highest BCUT2D eigenvalue weighted by molar-refractivity contribution is 6.19. The van der Waals surface area contributed by atoms with Gasteiger partial charge in [0, 0.05) is 11.4 Å². The van der Waals surface area contributed by atoms with Crippen molar-refractivity contribution in [2.45, 2.75) is 20.8 Å². The van der Waals surface area contributed by atoms with E-state index < -0.39 is 17.5 Å². The number of carbonyl (C=O) groups is 2. The van der Waals surface area contributed by atoms with Crippen molar-refractivity contribution in [2.75, 3.05) is 0 Å². The lowest BCUT2D eigenvalue weighted by Crippen LogP contribution is -2.14. The molecule has 0 atom stereocenters. The van der Waals surface area contributed by atoms with Crippen LogP contribution in [-0.4, -0.2) is 32.8 Å². The van der Waals surface area contributed by atoms with Crippen molar-refractivity contribution in [3.63, 3.8) is 0 Å². The summed E-state index contributed by atoms with van der Waals surface area (Å²) in [6.45, 7) is 5.03. The minimum Gasteiger partial charge on any atom is -0.477 e. The zero-order valence-electron chi connectivity index (χ0n) is 10.8. The molecule has 0 aliphatic rings. The summed E-state index contributed by atoms with van der Waals surface area (Å²) in [5.41, 5.74) is 0.469. The Labute approximate surface area is 110 Å². The largest absolute Gasteiger partial charge is 0.477 e. The van der Waals surface area contributed by atoms with Gasteiger partial charge >= 0.3 is 11.9 Å². The maximum absolute atomic E-state index is 11.1. The van der Waals surface area contributed by atoms with Gasteiger partial charge in [-0.2, -0.15) is 0 Å². The van der Waals surface area contributed by atoms with Gasteiger partial charge in [-0.1, -0.05) is 6.07 Å². The molecule has 0 bridgehead atoms. The Morgan fingerprint density at radius 1 is 1.16 bits per heavy atom. The van der Waals surface area contributed by atoms with E-state index in [1.54, 1.807) is 32.9 Å². The Morgan fingerprint density at radius 2 is 1.74 bits per heavy atom. The van der Waals surface area contributed by atoms with Crippen LogP contribution < -0.4 is 0 Å². The molecule has 0 spiro atoms. The van der Waals surface area contributed by atoms with Gasteiger partial charge in [-0.25, -0.2) is 9.59 Å². The van der Waals surface area contributed by atoms with Crippen LogP contribution in [0.2, 0.25) is 0 Å². The van der Waals surface area contributed by atoms with E-state index in [1.807, 2.05) is 0 Å². The van der Waals surface area contributed by atoms with Gasteiger partial charge in [-0.3, -0.25) is 9.98 Å². The molecule has 100 valence electrons. The van der Waals surface area contributed by atoms with Crippen molar-refractivity contribution in [2.24, 2.45) is 4.99 Å². The first kappa shape index (κ1) is 14.6. The van der Waals surface area contributed by atoms with E-state index in [2.05, 4.69) is 9.98 Å². The molecule has 0 amide bonds. The Balaban J connectivity index is 3.62. The molecule has 0 unspecified atom stereocenters. The van der Waals surface area contributed by atoms with Crippen LogP contribution in [0.25, 0.3) is 5.70 Å². The van der Waals surface area contributed by atoms with Crippen LogP contribution in [0.5, 0.6) is 0 Å². The third kappa shape index (κ3) is 3.74. The molecule has 0 fully saturated rings. The molecule has 0 aromatic carbocycles. The first-order valence-corrected chi connectivity index (χ1v) is 5.49. The molecular formula is C13H14N2O4. The van der Waals surface area contributed by atoms with Gasteiger partial charge < -0.3 is 10.2 Å². The fourth-order valence-electron chi connectivity index (χ4n) is 1.43. The molecule has 0 saturated heterocycles. The Hall–Kier alpha value is -2.50. The number of rotatable bonds is 4. The molecule has 1 aromatic heterocycles. The van der Waals surface area contributed by atoms with Crippen molar-refractivity contribution in [3.05, 3.63) is 35.2 Å². The normalized spacial score (nSPS) is 9.63. The van der Waals surface area contributed by atoms with Crippen molar-refractivity contribution in [1.82, 2.24) is 4.98 Å². The second-order valence-electron chi connectivity index (χ2n) is 4.06.